The van der Waals surface area contributed by atoms with E-state index in [-0.39, 0.29) is 11.5 Å². The highest BCUT2D eigenvalue weighted by molar-refractivity contribution is 6.52. The van der Waals surface area contributed by atoms with Crippen molar-refractivity contribution in [3.8, 4) is 0 Å². The molecule has 21 heavy (non-hydrogen) atoms. The molecule has 4 nitrogen and oxygen atoms in total. The summed E-state index contributed by atoms with van der Waals surface area (Å²) in [4.78, 5) is 25.6. The first-order chi connectivity index (χ1) is 9.69. The first-order valence-electron chi connectivity index (χ1n) is 7.10. The van der Waals surface area contributed by atoms with Crippen LogP contribution >= 0.6 is 11.6 Å². The average molecular weight is 309 g/mol. The van der Waals surface area contributed by atoms with Crippen LogP contribution in [0.1, 0.15) is 38.1 Å². The number of ketones is 1. The minimum Gasteiger partial charge on any atom is -0.312 e. The zero-order valence-electron chi connectivity index (χ0n) is 12.9. The summed E-state index contributed by atoms with van der Waals surface area (Å²) in [6, 6.07) is 4.94. The molecule has 0 spiro atoms. The molecule has 1 N–H and O–H groups in total. The van der Waals surface area contributed by atoms with Crippen LogP contribution in [0.3, 0.4) is 0 Å². The number of anilines is 1. The Morgan fingerprint density at radius 1 is 1.29 bits per heavy atom. The van der Waals surface area contributed by atoms with E-state index in [9.17, 15) is 9.59 Å². The van der Waals surface area contributed by atoms with E-state index >= 15 is 0 Å². The Labute approximate surface area is 130 Å². The summed E-state index contributed by atoms with van der Waals surface area (Å²) >= 11 is 5.98. The number of nitrogens with zero attached hydrogens (tertiary/aromatic N) is 1. The van der Waals surface area contributed by atoms with Gasteiger partial charge in [-0.25, -0.2) is 0 Å². The second-order valence-corrected chi connectivity index (χ2v) is 7.08. The smallest absolute Gasteiger partial charge is 0.299 e. The van der Waals surface area contributed by atoms with Crippen LogP contribution in [-0.2, 0) is 4.79 Å². The maximum Gasteiger partial charge on any atom is 0.299 e. The molecule has 2 rings (SSSR count). The quantitative estimate of drug-likeness (QED) is 0.870. The Bertz CT molecular complexity index is 578. The second kappa shape index (κ2) is 5.78. The molecule has 1 amide bonds. The lowest BCUT2D eigenvalue weighted by atomic mass is 10.1. The first kappa shape index (κ1) is 16.0. The Kier molecular flexibility index (Phi) is 4.40. The highest BCUT2D eigenvalue weighted by Gasteiger charge is 2.36. The van der Waals surface area contributed by atoms with Gasteiger partial charge in [0.15, 0.2) is 0 Å². The van der Waals surface area contributed by atoms with Crippen molar-refractivity contribution in [2.45, 2.75) is 33.2 Å². The van der Waals surface area contributed by atoms with E-state index in [2.05, 4.69) is 33.0 Å². The van der Waals surface area contributed by atoms with Gasteiger partial charge in [0.2, 0.25) is 0 Å². The van der Waals surface area contributed by atoms with Gasteiger partial charge in [-0.2, -0.15) is 0 Å². The second-order valence-electron chi connectivity index (χ2n) is 6.64. The summed E-state index contributed by atoms with van der Waals surface area (Å²) < 4.78 is 0. The van der Waals surface area contributed by atoms with Crippen molar-refractivity contribution < 1.29 is 9.59 Å². The van der Waals surface area contributed by atoms with Gasteiger partial charge in [0, 0.05) is 17.1 Å². The van der Waals surface area contributed by atoms with E-state index in [4.69, 9.17) is 11.6 Å². The third-order valence-electron chi connectivity index (χ3n) is 3.41. The Hall–Kier alpha value is -1.39. The fourth-order valence-electron chi connectivity index (χ4n) is 2.31. The van der Waals surface area contributed by atoms with Gasteiger partial charge >= 0.3 is 0 Å². The summed E-state index contributed by atoms with van der Waals surface area (Å²) in [6.45, 7) is 9.62. The molecule has 0 aromatic heterocycles. The number of hydrogen-bond acceptors (Lipinski definition) is 3. The minimum atomic E-state index is -0.463. The SMILES string of the molecule is CC(CNC(C)(C)C)CN1C(=O)C(=O)c2ccc(Cl)cc21. The van der Waals surface area contributed by atoms with Crippen molar-refractivity contribution in [2.24, 2.45) is 5.92 Å². The van der Waals surface area contributed by atoms with Crippen molar-refractivity contribution in [1.29, 1.82) is 0 Å². The molecule has 0 fully saturated rings. The fraction of sp³-hybridized carbons (Fsp3) is 0.500. The van der Waals surface area contributed by atoms with Crippen LogP contribution in [-0.4, -0.2) is 30.3 Å². The summed E-state index contributed by atoms with van der Waals surface area (Å²) in [7, 11) is 0. The molecular weight excluding hydrogens is 288 g/mol. The molecule has 1 atom stereocenters. The van der Waals surface area contributed by atoms with Crippen LogP contribution in [0.4, 0.5) is 5.69 Å². The third kappa shape index (κ3) is 3.63. The van der Waals surface area contributed by atoms with Gasteiger partial charge in [-0.05, 0) is 51.4 Å². The Balaban J connectivity index is 2.12. The van der Waals surface area contributed by atoms with Crippen molar-refractivity contribution in [3.05, 3.63) is 28.8 Å². The topological polar surface area (TPSA) is 49.4 Å². The maximum absolute atomic E-state index is 12.1. The summed E-state index contributed by atoms with van der Waals surface area (Å²) in [5.41, 5.74) is 1.10. The van der Waals surface area contributed by atoms with E-state index in [1.807, 2.05) is 0 Å². The summed E-state index contributed by atoms with van der Waals surface area (Å²) in [6.07, 6.45) is 0. The largest absolute Gasteiger partial charge is 0.312 e. The standard InChI is InChI=1S/C16H21ClN2O2/c1-10(8-18-16(2,3)4)9-19-13-7-11(17)5-6-12(13)14(20)15(19)21/h5-7,10,18H,8-9H2,1-4H3. The third-order valence-corrected chi connectivity index (χ3v) is 3.64. The Morgan fingerprint density at radius 2 is 1.95 bits per heavy atom. The molecule has 1 unspecified atom stereocenters. The molecule has 1 heterocycles. The molecule has 1 aliphatic rings. The number of Topliss-reactive ketones (excluding diaryl/α,β-unsaturated/α-hetero) is 1. The lowest BCUT2D eigenvalue weighted by Gasteiger charge is -2.26. The number of amides is 1. The van der Waals surface area contributed by atoms with Crippen LogP contribution in [0.2, 0.25) is 5.02 Å². The zero-order valence-corrected chi connectivity index (χ0v) is 13.6. The van der Waals surface area contributed by atoms with Gasteiger partial charge in [0.1, 0.15) is 0 Å². The predicted molar refractivity (Wildman–Crippen MR) is 85.1 cm³/mol. The number of rotatable bonds is 4. The van der Waals surface area contributed by atoms with E-state index in [0.717, 1.165) is 6.54 Å². The van der Waals surface area contributed by atoms with E-state index in [1.165, 1.54) is 0 Å². The number of carbonyl (C=O) groups is 2. The molecule has 0 saturated heterocycles. The highest BCUT2D eigenvalue weighted by Crippen LogP contribution is 2.32. The molecule has 5 heteroatoms. The molecule has 0 radical (unpaired) electrons. The number of benzene rings is 1. The number of fused-ring (bicyclic) bond motifs is 1. The Morgan fingerprint density at radius 3 is 2.57 bits per heavy atom. The van der Waals surface area contributed by atoms with Crippen molar-refractivity contribution >= 4 is 29.0 Å². The maximum atomic E-state index is 12.1. The normalized spacial score (nSPS) is 16.3. The molecule has 1 aliphatic heterocycles. The van der Waals surface area contributed by atoms with Crippen LogP contribution < -0.4 is 10.2 Å². The molecule has 0 saturated carbocycles. The van der Waals surface area contributed by atoms with Crippen LogP contribution in [0.5, 0.6) is 0 Å². The van der Waals surface area contributed by atoms with Crippen molar-refractivity contribution in [1.82, 2.24) is 5.32 Å². The van der Waals surface area contributed by atoms with Crippen LogP contribution in [0.15, 0.2) is 18.2 Å². The number of carbonyl (C=O) groups excluding carboxylic acids is 2. The van der Waals surface area contributed by atoms with E-state index in [0.29, 0.717) is 22.8 Å². The lowest BCUT2D eigenvalue weighted by Crippen LogP contribution is -2.42. The van der Waals surface area contributed by atoms with Gasteiger partial charge in [-0.1, -0.05) is 18.5 Å². The van der Waals surface area contributed by atoms with E-state index in [1.54, 1.807) is 23.1 Å². The minimum absolute atomic E-state index is 0.0281. The molecular formula is C16H21ClN2O2. The highest BCUT2D eigenvalue weighted by atomic mass is 35.5. The predicted octanol–water partition coefficient (Wildman–Crippen LogP) is 2.89. The van der Waals surface area contributed by atoms with Crippen LogP contribution in [0.25, 0.3) is 0 Å². The zero-order chi connectivity index (χ0) is 15.8. The first-order valence-corrected chi connectivity index (χ1v) is 7.47. The van der Waals surface area contributed by atoms with Gasteiger partial charge < -0.3 is 10.2 Å². The number of nitrogens with one attached hydrogen (secondary N) is 1. The van der Waals surface area contributed by atoms with E-state index < -0.39 is 11.7 Å². The number of halogens is 1. The molecule has 1 aromatic rings. The van der Waals surface area contributed by atoms with Crippen molar-refractivity contribution in [3.63, 3.8) is 0 Å². The molecule has 1 aromatic carbocycles. The van der Waals surface area contributed by atoms with Gasteiger partial charge in [-0.15, -0.1) is 0 Å². The number of hydrogen-bond donors (Lipinski definition) is 1. The van der Waals surface area contributed by atoms with Crippen molar-refractivity contribution in [2.75, 3.05) is 18.0 Å². The van der Waals surface area contributed by atoms with Gasteiger partial charge in [-0.3, -0.25) is 9.59 Å². The molecule has 114 valence electrons. The fourth-order valence-corrected chi connectivity index (χ4v) is 2.47. The van der Waals surface area contributed by atoms with Crippen LogP contribution in [0, 0.1) is 5.92 Å². The van der Waals surface area contributed by atoms with Gasteiger partial charge in [0.25, 0.3) is 11.7 Å². The van der Waals surface area contributed by atoms with Gasteiger partial charge in [0.05, 0.1) is 11.3 Å². The summed E-state index contributed by atoms with van der Waals surface area (Å²) in [5, 5.41) is 3.94. The molecule has 0 aliphatic carbocycles. The summed E-state index contributed by atoms with van der Waals surface area (Å²) in [5.74, 6) is -0.682. The lowest BCUT2D eigenvalue weighted by molar-refractivity contribution is -0.114. The monoisotopic (exact) mass is 308 g/mol. The molecule has 0 bridgehead atoms. The average Bonchev–Trinajstić information content (AvgIpc) is 2.60.